The molecule has 0 unspecified atom stereocenters. The first-order valence-corrected chi connectivity index (χ1v) is 6.73. The zero-order valence-corrected chi connectivity index (χ0v) is 12.6. The van der Waals surface area contributed by atoms with E-state index in [0.717, 1.165) is 15.7 Å². The number of benzene rings is 1. The summed E-state index contributed by atoms with van der Waals surface area (Å²) < 4.78 is 13.3. The smallest absolute Gasteiger partial charge is 0.234 e. The van der Waals surface area contributed by atoms with Gasteiger partial charge in [-0.15, -0.1) is 0 Å². The van der Waals surface area contributed by atoms with Gasteiger partial charge in [-0.1, -0.05) is 0 Å². The number of halogens is 1. The summed E-state index contributed by atoms with van der Waals surface area (Å²) in [5.74, 6) is 2.02. The summed E-state index contributed by atoms with van der Waals surface area (Å²) >= 11 is 3.39. The lowest BCUT2D eigenvalue weighted by molar-refractivity contribution is 0.355. The van der Waals surface area contributed by atoms with Crippen LogP contribution in [0.5, 0.6) is 11.5 Å². The Balaban J connectivity index is 2.10. The van der Waals surface area contributed by atoms with Crippen LogP contribution in [0.1, 0.15) is 0 Å². The van der Waals surface area contributed by atoms with E-state index in [9.17, 15) is 0 Å². The van der Waals surface area contributed by atoms with E-state index >= 15 is 0 Å². The Morgan fingerprint density at radius 2 is 1.90 bits per heavy atom. The Kier molecular flexibility index (Phi) is 3.31. The standard InChI is InChI=1S/C14H12BrN3O2/c1-19-12-4-3-9(5-13(12)20-2)11-8-18-7-10(15)6-16-14(18)17-11/h3-8H,1-2H3. The van der Waals surface area contributed by atoms with E-state index in [-0.39, 0.29) is 0 Å². The molecule has 102 valence electrons. The number of hydrogen-bond acceptors (Lipinski definition) is 4. The predicted octanol–water partition coefficient (Wildman–Crippen LogP) is 3.18. The summed E-state index contributed by atoms with van der Waals surface area (Å²) in [5.41, 5.74) is 1.78. The highest BCUT2D eigenvalue weighted by Crippen LogP contribution is 2.31. The number of rotatable bonds is 3. The fraction of sp³-hybridized carbons (Fsp3) is 0.143. The maximum atomic E-state index is 5.31. The van der Waals surface area contributed by atoms with E-state index in [1.807, 2.05) is 35.0 Å². The highest BCUT2D eigenvalue weighted by atomic mass is 79.9. The van der Waals surface area contributed by atoms with Crippen molar-refractivity contribution in [1.82, 2.24) is 14.4 Å². The summed E-state index contributed by atoms with van der Waals surface area (Å²) in [6.07, 6.45) is 5.56. The molecule has 0 saturated carbocycles. The van der Waals surface area contributed by atoms with Gasteiger partial charge in [-0.05, 0) is 34.1 Å². The fourth-order valence-electron chi connectivity index (χ4n) is 1.99. The SMILES string of the molecule is COc1ccc(-c2cn3cc(Br)cnc3n2)cc1OC. The third kappa shape index (κ3) is 2.22. The topological polar surface area (TPSA) is 48.7 Å². The van der Waals surface area contributed by atoms with Crippen molar-refractivity contribution in [2.75, 3.05) is 14.2 Å². The minimum atomic E-state index is 0.651. The molecule has 0 N–H and O–H groups in total. The van der Waals surface area contributed by atoms with Crippen LogP contribution < -0.4 is 9.47 Å². The van der Waals surface area contributed by atoms with Crippen LogP contribution in [0.15, 0.2) is 41.3 Å². The molecule has 0 amide bonds. The normalized spacial score (nSPS) is 10.8. The monoisotopic (exact) mass is 333 g/mol. The molecule has 0 aliphatic heterocycles. The van der Waals surface area contributed by atoms with Crippen molar-refractivity contribution in [3.05, 3.63) is 41.3 Å². The molecule has 0 saturated heterocycles. The van der Waals surface area contributed by atoms with E-state index in [1.165, 1.54) is 0 Å². The number of fused-ring (bicyclic) bond motifs is 1. The number of aromatic nitrogens is 3. The molecule has 0 aliphatic carbocycles. The first kappa shape index (κ1) is 12.9. The highest BCUT2D eigenvalue weighted by molar-refractivity contribution is 9.10. The van der Waals surface area contributed by atoms with E-state index in [4.69, 9.17) is 9.47 Å². The molecule has 0 aliphatic rings. The number of methoxy groups -OCH3 is 2. The summed E-state index contributed by atoms with van der Waals surface area (Å²) in [6, 6.07) is 5.70. The molecule has 0 radical (unpaired) electrons. The Hall–Kier alpha value is -2.08. The van der Waals surface area contributed by atoms with Crippen molar-refractivity contribution in [2.24, 2.45) is 0 Å². The van der Waals surface area contributed by atoms with Gasteiger partial charge in [0.15, 0.2) is 11.5 Å². The second kappa shape index (κ2) is 5.13. The second-order valence-electron chi connectivity index (χ2n) is 4.18. The molecule has 0 fully saturated rings. The highest BCUT2D eigenvalue weighted by Gasteiger charge is 2.09. The van der Waals surface area contributed by atoms with Gasteiger partial charge in [0.1, 0.15) is 0 Å². The summed E-state index contributed by atoms with van der Waals surface area (Å²) in [6.45, 7) is 0. The molecule has 6 heteroatoms. The number of imidazole rings is 1. The molecule has 2 heterocycles. The van der Waals surface area contributed by atoms with Crippen LogP contribution in [0.3, 0.4) is 0 Å². The van der Waals surface area contributed by atoms with Gasteiger partial charge in [0.25, 0.3) is 0 Å². The van der Waals surface area contributed by atoms with Crippen molar-refractivity contribution in [3.63, 3.8) is 0 Å². The average molecular weight is 334 g/mol. The van der Waals surface area contributed by atoms with Crippen LogP contribution in [0.25, 0.3) is 17.0 Å². The van der Waals surface area contributed by atoms with Gasteiger partial charge >= 0.3 is 0 Å². The summed E-state index contributed by atoms with van der Waals surface area (Å²) in [4.78, 5) is 8.74. The Morgan fingerprint density at radius 3 is 2.65 bits per heavy atom. The van der Waals surface area contributed by atoms with Crippen molar-refractivity contribution >= 4 is 21.7 Å². The van der Waals surface area contributed by atoms with Crippen molar-refractivity contribution in [3.8, 4) is 22.8 Å². The predicted molar refractivity (Wildman–Crippen MR) is 79.2 cm³/mol. The van der Waals surface area contributed by atoms with Gasteiger partial charge in [0.2, 0.25) is 5.78 Å². The van der Waals surface area contributed by atoms with Crippen LogP contribution in [-0.4, -0.2) is 28.6 Å². The van der Waals surface area contributed by atoms with Crippen LogP contribution in [-0.2, 0) is 0 Å². The van der Waals surface area contributed by atoms with Crippen LogP contribution in [0.2, 0.25) is 0 Å². The van der Waals surface area contributed by atoms with Crippen molar-refractivity contribution < 1.29 is 9.47 Å². The Morgan fingerprint density at radius 1 is 1.10 bits per heavy atom. The summed E-state index contributed by atoms with van der Waals surface area (Å²) in [5, 5.41) is 0. The molecule has 2 aromatic heterocycles. The van der Waals surface area contributed by atoms with Crippen molar-refractivity contribution in [2.45, 2.75) is 0 Å². The summed E-state index contributed by atoms with van der Waals surface area (Å²) in [7, 11) is 3.23. The lowest BCUT2D eigenvalue weighted by Crippen LogP contribution is -1.90. The third-order valence-electron chi connectivity index (χ3n) is 2.96. The molecular formula is C14H12BrN3O2. The molecule has 5 nitrogen and oxygen atoms in total. The van der Waals surface area contributed by atoms with Gasteiger partial charge in [0, 0.05) is 24.2 Å². The Bertz CT molecular complexity index is 770. The second-order valence-corrected chi connectivity index (χ2v) is 5.09. The van der Waals surface area contributed by atoms with Gasteiger partial charge in [-0.3, -0.25) is 4.40 Å². The number of nitrogens with zero attached hydrogens (tertiary/aromatic N) is 3. The zero-order valence-electron chi connectivity index (χ0n) is 11.0. The van der Waals surface area contributed by atoms with E-state index in [2.05, 4.69) is 25.9 Å². The molecule has 20 heavy (non-hydrogen) atoms. The fourth-order valence-corrected chi connectivity index (χ4v) is 2.32. The third-order valence-corrected chi connectivity index (χ3v) is 3.37. The molecule has 0 bridgehead atoms. The average Bonchev–Trinajstić information content (AvgIpc) is 2.89. The van der Waals surface area contributed by atoms with Gasteiger partial charge in [0.05, 0.1) is 24.4 Å². The molecule has 3 rings (SSSR count). The van der Waals surface area contributed by atoms with Crippen LogP contribution in [0.4, 0.5) is 0 Å². The van der Waals surface area contributed by atoms with E-state index < -0.39 is 0 Å². The van der Waals surface area contributed by atoms with Crippen molar-refractivity contribution in [1.29, 1.82) is 0 Å². The quantitative estimate of drug-likeness (QED) is 0.738. The van der Waals surface area contributed by atoms with E-state index in [0.29, 0.717) is 17.3 Å². The van der Waals surface area contributed by atoms with Gasteiger partial charge in [-0.2, -0.15) is 0 Å². The maximum absolute atomic E-state index is 5.31. The molecular weight excluding hydrogens is 322 g/mol. The van der Waals surface area contributed by atoms with Crippen LogP contribution in [0, 0.1) is 0 Å². The molecule has 3 aromatic rings. The first-order chi connectivity index (χ1) is 9.71. The number of ether oxygens (including phenoxy) is 2. The minimum Gasteiger partial charge on any atom is -0.493 e. The maximum Gasteiger partial charge on any atom is 0.234 e. The minimum absolute atomic E-state index is 0.651. The lowest BCUT2D eigenvalue weighted by Gasteiger charge is -2.08. The molecule has 1 aromatic carbocycles. The zero-order chi connectivity index (χ0) is 14.1. The first-order valence-electron chi connectivity index (χ1n) is 5.94. The van der Waals surface area contributed by atoms with Gasteiger partial charge < -0.3 is 9.47 Å². The van der Waals surface area contributed by atoms with E-state index in [1.54, 1.807) is 20.4 Å². The number of hydrogen-bond donors (Lipinski definition) is 0. The van der Waals surface area contributed by atoms with Gasteiger partial charge in [-0.25, -0.2) is 9.97 Å². The molecule has 0 atom stereocenters. The van der Waals surface area contributed by atoms with Crippen LogP contribution >= 0.6 is 15.9 Å². The lowest BCUT2D eigenvalue weighted by atomic mass is 10.1. The Labute approximate surface area is 124 Å². The largest absolute Gasteiger partial charge is 0.493 e. The molecule has 0 spiro atoms.